The van der Waals surface area contributed by atoms with E-state index in [2.05, 4.69) is 9.88 Å². The normalized spacial score (nSPS) is 15.4. The van der Waals surface area contributed by atoms with Crippen LogP contribution >= 0.6 is 0 Å². The summed E-state index contributed by atoms with van der Waals surface area (Å²) in [5.74, 6) is -0.936. The number of benzene rings is 1. The van der Waals surface area contributed by atoms with Crippen LogP contribution in [0.25, 0.3) is 10.9 Å². The molecule has 1 fully saturated rings. The molecule has 110 valence electrons. The second-order valence-electron chi connectivity index (χ2n) is 5.09. The molecule has 0 amide bonds. The lowest BCUT2D eigenvalue weighted by Gasteiger charge is -2.30. The van der Waals surface area contributed by atoms with Crippen LogP contribution in [-0.2, 0) is 11.2 Å². The number of carbonyl (C=O) groups is 1. The lowest BCUT2D eigenvalue weighted by Crippen LogP contribution is -2.36. The van der Waals surface area contributed by atoms with E-state index in [9.17, 15) is 9.90 Å². The standard InChI is InChI=1S/C16H18N2O3/c1-2-11-3-4-12-14(18-7-9-21-10-8-18)6-5-13(16(19)20)15(12)17-11/h3-6H,2,7-10H2,1H3,(H,19,20). The van der Waals surface area contributed by atoms with Crippen LogP contribution < -0.4 is 4.90 Å². The first-order valence-electron chi connectivity index (χ1n) is 7.19. The van der Waals surface area contributed by atoms with E-state index in [0.717, 1.165) is 36.3 Å². The Labute approximate surface area is 123 Å². The molecular formula is C16H18N2O3. The largest absolute Gasteiger partial charge is 0.478 e. The van der Waals surface area contributed by atoms with Gasteiger partial charge in [0, 0.05) is 29.9 Å². The van der Waals surface area contributed by atoms with Gasteiger partial charge in [0.25, 0.3) is 0 Å². The number of hydrogen-bond acceptors (Lipinski definition) is 4. The van der Waals surface area contributed by atoms with Crippen LogP contribution in [0.5, 0.6) is 0 Å². The van der Waals surface area contributed by atoms with E-state index in [4.69, 9.17) is 4.74 Å². The van der Waals surface area contributed by atoms with Crippen molar-refractivity contribution >= 4 is 22.6 Å². The molecule has 5 heteroatoms. The van der Waals surface area contributed by atoms with Gasteiger partial charge >= 0.3 is 5.97 Å². The second-order valence-corrected chi connectivity index (χ2v) is 5.09. The predicted octanol–water partition coefficient (Wildman–Crippen LogP) is 2.33. The Bertz CT molecular complexity index is 679. The van der Waals surface area contributed by atoms with E-state index in [-0.39, 0.29) is 5.56 Å². The third-order valence-electron chi connectivity index (χ3n) is 3.84. The highest BCUT2D eigenvalue weighted by atomic mass is 16.5. The third-order valence-corrected chi connectivity index (χ3v) is 3.84. The smallest absolute Gasteiger partial charge is 0.337 e. The van der Waals surface area contributed by atoms with Crippen LogP contribution in [0.15, 0.2) is 24.3 Å². The van der Waals surface area contributed by atoms with Gasteiger partial charge in [0.2, 0.25) is 0 Å². The molecule has 0 unspecified atom stereocenters. The first-order chi connectivity index (χ1) is 10.2. The van der Waals surface area contributed by atoms with Gasteiger partial charge in [0.15, 0.2) is 0 Å². The summed E-state index contributed by atoms with van der Waals surface area (Å²) >= 11 is 0. The van der Waals surface area contributed by atoms with Gasteiger partial charge in [-0.2, -0.15) is 0 Å². The lowest BCUT2D eigenvalue weighted by molar-refractivity contribution is 0.0699. The Morgan fingerprint density at radius 1 is 1.29 bits per heavy atom. The minimum atomic E-state index is -0.936. The number of aromatic carboxylic acids is 1. The number of aryl methyl sites for hydroxylation is 1. The number of anilines is 1. The molecule has 21 heavy (non-hydrogen) atoms. The summed E-state index contributed by atoms with van der Waals surface area (Å²) in [5, 5.41) is 10.3. The highest BCUT2D eigenvalue weighted by Gasteiger charge is 2.18. The molecule has 1 aromatic carbocycles. The number of carboxylic acid groups (broad SMARTS) is 1. The highest BCUT2D eigenvalue weighted by molar-refractivity contribution is 6.06. The monoisotopic (exact) mass is 286 g/mol. The van der Waals surface area contributed by atoms with Crippen molar-refractivity contribution in [2.75, 3.05) is 31.2 Å². The molecule has 0 spiro atoms. The first kappa shape index (κ1) is 13.8. The maximum Gasteiger partial charge on any atom is 0.337 e. The zero-order chi connectivity index (χ0) is 14.8. The summed E-state index contributed by atoms with van der Waals surface area (Å²) in [7, 11) is 0. The quantitative estimate of drug-likeness (QED) is 0.938. The number of carboxylic acids is 1. The van der Waals surface area contributed by atoms with Gasteiger partial charge < -0.3 is 14.7 Å². The fourth-order valence-electron chi connectivity index (χ4n) is 2.69. The van der Waals surface area contributed by atoms with Crippen molar-refractivity contribution in [3.05, 3.63) is 35.5 Å². The molecule has 0 aliphatic carbocycles. The fourth-order valence-corrected chi connectivity index (χ4v) is 2.69. The van der Waals surface area contributed by atoms with Gasteiger partial charge in [-0.1, -0.05) is 6.92 Å². The van der Waals surface area contributed by atoms with Crippen molar-refractivity contribution < 1.29 is 14.6 Å². The lowest BCUT2D eigenvalue weighted by atomic mass is 10.1. The number of ether oxygens (including phenoxy) is 1. The Hall–Kier alpha value is -2.14. The molecule has 3 rings (SSSR count). The topological polar surface area (TPSA) is 62.7 Å². The fraction of sp³-hybridized carbons (Fsp3) is 0.375. The van der Waals surface area contributed by atoms with Gasteiger partial charge in [-0.05, 0) is 30.7 Å². The van der Waals surface area contributed by atoms with E-state index < -0.39 is 5.97 Å². The molecule has 1 N–H and O–H groups in total. The minimum absolute atomic E-state index is 0.261. The van der Waals surface area contributed by atoms with Gasteiger partial charge in [-0.3, -0.25) is 4.98 Å². The van der Waals surface area contributed by atoms with Crippen molar-refractivity contribution in [3.8, 4) is 0 Å². The van der Waals surface area contributed by atoms with Crippen molar-refractivity contribution in [2.24, 2.45) is 0 Å². The molecule has 2 aromatic rings. The Morgan fingerprint density at radius 2 is 2.05 bits per heavy atom. The Morgan fingerprint density at radius 3 is 2.71 bits per heavy atom. The highest BCUT2D eigenvalue weighted by Crippen LogP contribution is 2.29. The summed E-state index contributed by atoms with van der Waals surface area (Å²) in [6.45, 7) is 5.04. The molecule has 0 saturated carbocycles. The summed E-state index contributed by atoms with van der Waals surface area (Å²) in [6, 6.07) is 7.49. The predicted molar refractivity (Wildman–Crippen MR) is 81.1 cm³/mol. The summed E-state index contributed by atoms with van der Waals surface area (Å²) in [5.41, 5.74) is 2.78. The van der Waals surface area contributed by atoms with Gasteiger partial charge in [-0.25, -0.2) is 4.79 Å². The second kappa shape index (κ2) is 5.69. The van der Waals surface area contributed by atoms with Gasteiger partial charge in [0.05, 0.1) is 24.3 Å². The number of morpholine rings is 1. The van der Waals surface area contributed by atoms with E-state index in [1.54, 1.807) is 6.07 Å². The minimum Gasteiger partial charge on any atom is -0.478 e. The Kier molecular flexibility index (Phi) is 3.75. The molecule has 0 atom stereocenters. The van der Waals surface area contributed by atoms with E-state index in [0.29, 0.717) is 18.7 Å². The van der Waals surface area contributed by atoms with E-state index >= 15 is 0 Å². The zero-order valence-electron chi connectivity index (χ0n) is 12.0. The van der Waals surface area contributed by atoms with Crippen molar-refractivity contribution in [3.63, 3.8) is 0 Å². The third kappa shape index (κ3) is 2.56. The van der Waals surface area contributed by atoms with Crippen LogP contribution in [0, 0.1) is 0 Å². The molecular weight excluding hydrogens is 268 g/mol. The van der Waals surface area contributed by atoms with E-state index in [1.165, 1.54) is 0 Å². The number of pyridine rings is 1. The maximum atomic E-state index is 11.4. The Balaban J connectivity index is 2.18. The number of fused-ring (bicyclic) bond motifs is 1. The first-order valence-corrected chi connectivity index (χ1v) is 7.19. The molecule has 1 aliphatic heterocycles. The van der Waals surface area contributed by atoms with Crippen molar-refractivity contribution in [1.29, 1.82) is 0 Å². The number of rotatable bonds is 3. The SMILES string of the molecule is CCc1ccc2c(N3CCOCC3)ccc(C(=O)O)c2n1. The summed E-state index contributed by atoms with van der Waals surface area (Å²) in [6.07, 6.45) is 0.788. The van der Waals surface area contributed by atoms with Crippen LogP contribution in [0.4, 0.5) is 5.69 Å². The van der Waals surface area contributed by atoms with Crippen molar-refractivity contribution in [2.45, 2.75) is 13.3 Å². The van der Waals surface area contributed by atoms with Crippen molar-refractivity contribution in [1.82, 2.24) is 4.98 Å². The van der Waals surface area contributed by atoms with Crippen LogP contribution in [0.1, 0.15) is 23.0 Å². The van der Waals surface area contributed by atoms with Crippen LogP contribution in [0.3, 0.4) is 0 Å². The average Bonchev–Trinajstić information content (AvgIpc) is 2.53. The molecule has 5 nitrogen and oxygen atoms in total. The average molecular weight is 286 g/mol. The molecule has 1 aliphatic rings. The molecule has 0 bridgehead atoms. The van der Waals surface area contributed by atoms with E-state index in [1.807, 2.05) is 25.1 Å². The molecule has 2 heterocycles. The van der Waals surface area contributed by atoms with Crippen LogP contribution in [-0.4, -0.2) is 42.4 Å². The van der Waals surface area contributed by atoms with Crippen LogP contribution in [0.2, 0.25) is 0 Å². The molecule has 0 radical (unpaired) electrons. The number of nitrogens with zero attached hydrogens (tertiary/aromatic N) is 2. The number of aromatic nitrogens is 1. The zero-order valence-corrected chi connectivity index (χ0v) is 12.0. The molecule has 1 aromatic heterocycles. The van der Waals surface area contributed by atoms with Gasteiger partial charge in [-0.15, -0.1) is 0 Å². The molecule has 1 saturated heterocycles. The van der Waals surface area contributed by atoms with Gasteiger partial charge in [0.1, 0.15) is 0 Å². The maximum absolute atomic E-state index is 11.4. The summed E-state index contributed by atoms with van der Waals surface area (Å²) in [4.78, 5) is 18.2. The summed E-state index contributed by atoms with van der Waals surface area (Å²) < 4.78 is 5.38. The number of hydrogen-bond donors (Lipinski definition) is 1.